The van der Waals surface area contributed by atoms with Gasteiger partial charge in [0.25, 0.3) is 0 Å². The summed E-state index contributed by atoms with van der Waals surface area (Å²) in [5, 5.41) is 9.56. The summed E-state index contributed by atoms with van der Waals surface area (Å²) in [7, 11) is 1.37. The lowest BCUT2D eigenvalue weighted by Crippen LogP contribution is -2.39. The van der Waals surface area contributed by atoms with Crippen LogP contribution in [0.15, 0.2) is 18.2 Å². The topological polar surface area (TPSA) is 80.6 Å². The zero-order valence-corrected chi connectivity index (χ0v) is 17.6. The molecule has 1 aromatic heterocycles. The summed E-state index contributed by atoms with van der Waals surface area (Å²) in [5.41, 5.74) is 1.87. The number of hydrogen-bond donors (Lipinski definition) is 0. The van der Waals surface area contributed by atoms with E-state index in [4.69, 9.17) is 16.3 Å². The Hall–Kier alpha value is -2.61. The van der Waals surface area contributed by atoms with Crippen LogP contribution < -0.4 is 0 Å². The van der Waals surface area contributed by atoms with Crippen molar-refractivity contribution in [2.24, 2.45) is 5.92 Å². The van der Waals surface area contributed by atoms with E-state index in [2.05, 4.69) is 14.8 Å². The third-order valence-corrected chi connectivity index (χ3v) is 6.50. The van der Waals surface area contributed by atoms with Gasteiger partial charge in [-0.2, -0.15) is 0 Å². The fourth-order valence-corrected chi connectivity index (χ4v) is 4.69. The molecule has 1 aromatic carbocycles. The Morgan fingerprint density at radius 3 is 2.53 bits per heavy atom. The first-order valence-corrected chi connectivity index (χ1v) is 10.8. The normalized spacial score (nSPS) is 19.1. The van der Waals surface area contributed by atoms with Gasteiger partial charge in [0.2, 0.25) is 5.91 Å². The van der Waals surface area contributed by atoms with Crippen molar-refractivity contribution in [3.63, 3.8) is 0 Å². The Kier molecular flexibility index (Phi) is 4.89. The molecule has 9 heteroatoms. The Labute approximate surface area is 179 Å². The molecule has 2 fully saturated rings. The first-order valence-electron chi connectivity index (χ1n) is 10.4. The van der Waals surface area contributed by atoms with Gasteiger partial charge in [-0.1, -0.05) is 11.6 Å². The Balaban J connectivity index is 1.46. The average Bonchev–Trinajstić information content (AvgIpc) is 3.55. The molecule has 1 aliphatic carbocycles. The number of carbonyl (C=O) groups is 2. The molecular formula is C21H24ClN5O3. The SMILES string of the molecule is COC(=O)N1Cc2cc(Cl)ccc2-n2c(nnc2C2CCN(C(=O)C3CC3)CC2)C1. The van der Waals surface area contributed by atoms with Crippen LogP contribution >= 0.6 is 11.6 Å². The van der Waals surface area contributed by atoms with Gasteiger partial charge in [-0.05, 0) is 49.4 Å². The molecule has 2 aliphatic heterocycles. The monoisotopic (exact) mass is 429 g/mol. The number of aromatic nitrogens is 3. The van der Waals surface area contributed by atoms with Crippen LogP contribution in [0.4, 0.5) is 4.79 Å². The van der Waals surface area contributed by atoms with Gasteiger partial charge < -0.3 is 9.64 Å². The summed E-state index contributed by atoms with van der Waals surface area (Å²) in [4.78, 5) is 28.3. The van der Waals surface area contributed by atoms with Gasteiger partial charge in [0.15, 0.2) is 5.82 Å². The van der Waals surface area contributed by atoms with Crippen LogP contribution in [-0.4, -0.2) is 56.8 Å². The molecule has 158 valence electrons. The van der Waals surface area contributed by atoms with Gasteiger partial charge in [0, 0.05) is 29.9 Å². The Bertz CT molecular complexity index is 995. The maximum absolute atomic E-state index is 12.4. The number of fused-ring (bicyclic) bond motifs is 3. The fraction of sp³-hybridized carbons (Fsp3) is 0.524. The molecule has 0 bridgehead atoms. The van der Waals surface area contributed by atoms with Crippen molar-refractivity contribution in [1.82, 2.24) is 24.6 Å². The number of piperidine rings is 1. The quantitative estimate of drug-likeness (QED) is 0.732. The van der Waals surface area contributed by atoms with Crippen molar-refractivity contribution < 1.29 is 14.3 Å². The molecule has 1 saturated heterocycles. The van der Waals surface area contributed by atoms with E-state index in [0.717, 1.165) is 55.8 Å². The maximum Gasteiger partial charge on any atom is 0.410 e. The van der Waals surface area contributed by atoms with Gasteiger partial charge >= 0.3 is 6.09 Å². The highest BCUT2D eigenvalue weighted by Gasteiger charge is 2.37. The number of ether oxygens (including phenoxy) is 1. The zero-order chi connectivity index (χ0) is 20.8. The summed E-state index contributed by atoms with van der Waals surface area (Å²) in [6.07, 6.45) is 3.38. The summed E-state index contributed by atoms with van der Waals surface area (Å²) in [5.74, 6) is 2.36. The number of carbonyl (C=O) groups excluding carboxylic acids is 2. The molecule has 0 radical (unpaired) electrons. The van der Waals surface area contributed by atoms with Crippen LogP contribution in [0.3, 0.4) is 0 Å². The predicted molar refractivity (Wildman–Crippen MR) is 109 cm³/mol. The van der Waals surface area contributed by atoms with E-state index >= 15 is 0 Å². The van der Waals surface area contributed by atoms with E-state index in [1.54, 1.807) is 4.90 Å². The van der Waals surface area contributed by atoms with E-state index in [1.165, 1.54) is 7.11 Å². The number of hydrogen-bond acceptors (Lipinski definition) is 5. The number of benzene rings is 1. The molecular weight excluding hydrogens is 406 g/mol. The van der Waals surface area contributed by atoms with Crippen LogP contribution in [0, 0.1) is 5.92 Å². The summed E-state index contributed by atoms with van der Waals surface area (Å²) >= 11 is 6.24. The van der Waals surface area contributed by atoms with Crippen molar-refractivity contribution in [3.05, 3.63) is 40.4 Å². The van der Waals surface area contributed by atoms with Crippen molar-refractivity contribution in [2.75, 3.05) is 20.2 Å². The van der Waals surface area contributed by atoms with Gasteiger partial charge in [-0.15, -0.1) is 10.2 Å². The van der Waals surface area contributed by atoms with Crippen molar-refractivity contribution in [1.29, 1.82) is 0 Å². The number of nitrogens with zero attached hydrogens (tertiary/aromatic N) is 5. The third kappa shape index (κ3) is 3.43. The minimum Gasteiger partial charge on any atom is -0.453 e. The molecule has 30 heavy (non-hydrogen) atoms. The number of methoxy groups -OCH3 is 1. The third-order valence-electron chi connectivity index (χ3n) is 6.26. The number of rotatable bonds is 2. The summed E-state index contributed by atoms with van der Waals surface area (Å²) in [6, 6.07) is 5.68. The minimum absolute atomic E-state index is 0.211. The van der Waals surface area contributed by atoms with Crippen LogP contribution in [0.25, 0.3) is 5.69 Å². The number of halogens is 1. The van der Waals surface area contributed by atoms with Gasteiger partial charge in [0.1, 0.15) is 5.82 Å². The largest absolute Gasteiger partial charge is 0.453 e. The van der Waals surface area contributed by atoms with Crippen molar-refractivity contribution in [3.8, 4) is 5.69 Å². The van der Waals surface area contributed by atoms with Crippen LogP contribution in [0.5, 0.6) is 0 Å². The van der Waals surface area contributed by atoms with E-state index in [-0.39, 0.29) is 11.8 Å². The molecule has 0 spiro atoms. The molecule has 1 saturated carbocycles. The number of likely N-dealkylation sites (tertiary alicyclic amines) is 1. The molecule has 2 amide bonds. The lowest BCUT2D eigenvalue weighted by atomic mass is 9.95. The molecule has 3 heterocycles. The zero-order valence-electron chi connectivity index (χ0n) is 16.9. The van der Waals surface area contributed by atoms with Gasteiger partial charge in [0.05, 0.1) is 25.9 Å². The van der Waals surface area contributed by atoms with E-state index in [1.807, 2.05) is 23.1 Å². The second kappa shape index (κ2) is 7.58. The molecule has 0 N–H and O–H groups in total. The first kappa shape index (κ1) is 19.4. The van der Waals surface area contributed by atoms with Crippen LogP contribution in [-0.2, 0) is 22.6 Å². The minimum atomic E-state index is -0.411. The maximum atomic E-state index is 12.4. The van der Waals surface area contributed by atoms with Gasteiger partial charge in [-0.3, -0.25) is 14.3 Å². The highest BCUT2D eigenvalue weighted by Crippen LogP contribution is 2.36. The molecule has 0 atom stereocenters. The van der Waals surface area contributed by atoms with Crippen molar-refractivity contribution in [2.45, 2.75) is 44.7 Å². The highest BCUT2D eigenvalue weighted by atomic mass is 35.5. The predicted octanol–water partition coefficient (Wildman–Crippen LogP) is 3.12. The molecule has 8 nitrogen and oxygen atoms in total. The number of amides is 2. The highest BCUT2D eigenvalue weighted by molar-refractivity contribution is 6.30. The molecule has 0 unspecified atom stereocenters. The average molecular weight is 430 g/mol. The standard InChI is InChI=1S/C21H24ClN5O3/c1-30-21(29)26-11-15-10-16(22)4-5-17(15)27-18(12-26)23-24-19(27)13-6-8-25(9-7-13)20(28)14-2-3-14/h4-5,10,13-14H,2-3,6-9,11-12H2,1H3. The second-order valence-corrected chi connectivity index (χ2v) is 8.72. The molecule has 2 aromatic rings. The lowest BCUT2D eigenvalue weighted by molar-refractivity contribution is -0.133. The molecule has 5 rings (SSSR count). The van der Waals surface area contributed by atoms with E-state index < -0.39 is 6.09 Å². The van der Waals surface area contributed by atoms with E-state index in [9.17, 15) is 9.59 Å². The van der Waals surface area contributed by atoms with Crippen LogP contribution in [0.1, 0.15) is 48.8 Å². The van der Waals surface area contributed by atoms with Gasteiger partial charge in [-0.25, -0.2) is 4.79 Å². The Morgan fingerprint density at radius 2 is 1.83 bits per heavy atom. The van der Waals surface area contributed by atoms with E-state index in [0.29, 0.717) is 29.8 Å². The lowest BCUT2D eigenvalue weighted by Gasteiger charge is -2.32. The van der Waals surface area contributed by atoms with Crippen molar-refractivity contribution >= 4 is 23.6 Å². The fourth-order valence-electron chi connectivity index (χ4n) is 4.50. The molecule has 3 aliphatic rings. The first-order chi connectivity index (χ1) is 14.5. The Morgan fingerprint density at radius 1 is 1.07 bits per heavy atom. The van der Waals surface area contributed by atoms with Crippen LogP contribution in [0.2, 0.25) is 5.02 Å². The second-order valence-electron chi connectivity index (χ2n) is 8.28. The smallest absolute Gasteiger partial charge is 0.410 e. The summed E-state index contributed by atoms with van der Waals surface area (Å²) in [6.45, 7) is 2.21. The summed E-state index contributed by atoms with van der Waals surface area (Å²) < 4.78 is 7.01.